The highest BCUT2D eigenvalue weighted by molar-refractivity contribution is 5.81. The lowest BCUT2D eigenvalue weighted by Gasteiger charge is -2.39. The maximum Gasteiger partial charge on any atom is 0.237 e. The number of aryl methyl sites for hydroxylation is 1. The largest absolute Gasteiger partial charge is 0.355 e. The molecule has 2 heterocycles. The van der Waals surface area contributed by atoms with E-state index in [9.17, 15) is 4.79 Å². The SMILES string of the molecule is O=C(NCCCn1ccnn1)C1CCC2CCCCC2N1. The fourth-order valence-electron chi connectivity index (χ4n) is 3.63. The molecule has 0 radical (unpaired) electrons. The number of nitrogens with one attached hydrogen (secondary N) is 2. The van der Waals surface area contributed by atoms with Crippen LogP contribution in [0.4, 0.5) is 0 Å². The summed E-state index contributed by atoms with van der Waals surface area (Å²) in [6, 6.07) is 0.578. The van der Waals surface area contributed by atoms with Gasteiger partial charge in [-0.3, -0.25) is 9.48 Å². The minimum absolute atomic E-state index is 0.00993. The van der Waals surface area contributed by atoms with Gasteiger partial charge in [0.1, 0.15) is 0 Å². The van der Waals surface area contributed by atoms with Crippen LogP contribution in [0.2, 0.25) is 0 Å². The van der Waals surface area contributed by atoms with E-state index in [-0.39, 0.29) is 11.9 Å². The maximum atomic E-state index is 12.2. The van der Waals surface area contributed by atoms with Gasteiger partial charge >= 0.3 is 0 Å². The molecule has 6 nitrogen and oxygen atoms in total. The second kappa shape index (κ2) is 7.02. The van der Waals surface area contributed by atoms with Gasteiger partial charge < -0.3 is 10.6 Å². The Hall–Kier alpha value is -1.43. The second-order valence-corrected chi connectivity index (χ2v) is 6.26. The Morgan fingerprint density at radius 3 is 3.05 bits per heavy atom. The van der Waals surface area contributed by atoms with E-state index in [2.05, 4.69) is 20.9 Å². The van der Waals surface area contributed by atoms with E-state index < -0.39 is 0 Å². The molecule has 6 heteroatoms. The number of amides is 1. The third-order valence-corrected chi connectivity index (χ3v) is 4.80. The van der Waals surface area contributed by atoms with Crippen LogP contribution in [0.1, 0.15) is 44.9 Å². The highest BCUT2D eigenvalue weighted by Gasteiger charge is 2.34. The third-order valence-electron chi connectivity index (χ3n) is 4.80. The van der Waals surface area contributed by atoms with E-state index in [4.69, 9.17) is 0 Å². The molecule has 3 rings (SSSR count). The summed E-state index contributed by atoms with van der Waals surface area (Å²) in [6.07, 6.45) is 11.8. The van der Waals surface area contributed by atoms with Crippen LogP contribution in [0.15, 0.2) is 12.4 Å². The van der Waals surface area contributed by atoms with E-state index in [0.29, 0.717) is 12.6 Å². The minimum atomic E-state index is 0.00993. The zero-order chi connectivity index (χ0) is 14.5. The highest BCUT2D eigenvalue weighted by Crippen LogP contribution is 2.32. The standard InChI is InChI=1S/C15H25N5O/c21-15(16-8-3-10-20-11-9-17-19-20)14-7-6-12-4-1-2-5-13(12)18-14/h9,11-14,18H,1-8,10H2,(H,16,21). The first-order chi connectivity index (χ1) is 10.3. The van der Waals surface area contributed by atoms with Crippen molar-refractivity contribution >= 4 is 5.91 Å². The van der Waals surface area contributed by atoms with Crippen LogP contribution in [0.25, 0.3) is 0 Å². The Kier molecular flexibility index (Phi) is 4.85. The van der Waals surface area contributed by atoms with Gasteiger partial charge in [0.05, 0.1) is 12.2 Å². The average Bonchev–Trinajstić information content (AvgIpc) is 3.04. The summed E-state index contributed by atoms with van der Waals surface area (Å²) in [5.74, 6) is 0.965. The molecule has 2 fully saturated rings. The zero-order valence-corrected chi connectivity index (χ0v) is 12.5. The third kappa shape index (κ3) is 3.81. The molecular formula is C15H25N5O. The Bertz CT molecular complexity index is 447. The molecule has 1 aromatic rings. The monoisotopic (exact) mass is 291 g/mol. The molecule has 0 bridgehead atoms. The molecule has 1 amide bonds. The van der Waals surface area contributed by atoms with Crippen molar-refractivity contribution in [2.75, 3.05) is 6.54 Å². The van der Waals surface area contributed by atoms with Gasteiger partial charge in [0, 0.05) is 25.3 Å². The smallest absolute Gasteiger partial charge is 0.237 e. The van der Waals surface area contributed by atoms with Gasteiger partial charge in [-0.1, -0.05) is 18.1 Å². The van der Waals surface area contributed by atoms with Crippen LogP contribution in [-0.4, -0.2) is 39.5 Å². The van der Waals surface area contributed by atoms with Crippen LogP contribution in [0.3, 0.4) is 0 Å². The molecule has 1 saturated carbocycles. The molecule has 1 aromatic heterocycles. The summed E-state index contributed by atoms with van der Waals surface area (Å²) in [4.78, 5) is 12.2. The van der Waals surface area contributed by atoms with Crippen molar-refractivity contribution in [1.82, 2.24) is 25.6 Å². The Morgan fingerprint density at radius 2 is 2.19 bits per heavy atom. The van der Waals surface area contributed by atoms with Crippen molar-refractivity contribution in [2.24, 2.45) is 5.92 Å². The van der Waals surface area contributed by atoms with Gasteiger partial charge in [-0.2, -0.15) is 0 Å². The number of carbonyl (C=O) groups excluding carboxylic acids is 1. The van der Waals surface area contributed by atoms with E-state index >= 15 is 0 Å². The Labute approximate surface area is 125 Å². The fourth-order valence-corrected chi connectivity index (χ4v) is 3.63. The van der Waals surface area contributed by atoms with Crippen molar-refractivity contribution in [2.45, 2.75) is 63.6 Å². The molecule has 2 aliphatic rings. The number of carbonyl (C=O) groups is 1. The van der Waals surface area contributed by atoms with Crippen LogP contribution in [0, 0.1) is 5.92 Å². The summed E-state index contributed by atoms with van der Waals surface area (Å²) in [7, 11) is 0. The fraction of sp³-hybridized carbons (Fsp3) is 0.800. The van der Waals surface area contributed by atoms with E-state index in [1.54, 1.807) is 10.9 Å². The summed E-state index contributed by atoms with van der Waals surface area (Å²) in [5, 5.41) is 14.3. The predicted octanol–water partition coefficient (Wildman–Crippen LogP) is 1.10. The zero-order valence-electron chi connectivity index (χ0n) is 12.5. The van der Waals surface area contributed by atoms with Gasteiger partial charge in [-0.25, -0.2) is 0 Å². The number of hydrogen-bond donors (Lipinski definition) is 2. The van der Waals surface area contributed by atoms with Gasteiger partial charge in [-0.15, -0.1) is 5.10 Å². The lowest BCUT2D eigenvalue weighted by atomic mass is 9.77. The molecule has 2 N–H and O–H groups in total. The molecule has 1 saturated heterocycles. The Morgan fingerprint density at radius 1 is 1.29 bits per heavy atom. The van der Waals surface area contributed by atoms with Crippen molar-refractivity contribution in [3.05, 3.63) is 12.4 Å². The number of aromatic nitrogens is 3. The lowest BCUT2D eigenvalue weighted by molar-refractivity contribution is -0.124. The van der Waals surface area contributed by atoms with Crippen molar-refractivity contribution < 1.29 is 4.79 Å². The molecule has 21 heavy (non-hydrogen) atoms. The van der Waals surface area contributed by atoms with Crippen molar-refractivity contribution in [3.8, 4) is 0 Å². The van der Waals surface area contributed by atoms with E-state index in [1.807, 2.05) is 6.20 Å². The Balaban J connectivity index is 1.37. The number of fused-ring (bicyclic) bond motifs is 1. The van der Waals surface area contributed by atoms with Crippen molar-refractivity contribution in [3.63, 3.8) is 0 Å². The molecule has 1 aliphatic carbocycles. The van der Waals surface area contributed by atoms with Crippen LogP contribution >= 0.6 is 0 Å². The van der Waals surface area contributed by atoms with Gasteiger partial charge in [0.2, 0.25) is 5.91 Å². The van der Waals surface area contributed by atoms with Crippen LogP contribution in [-0.2, 0) is 11.3 Å². The first-order valence-electron chi connectivity index (χ1n) is 8.21. The molecule has 3 atom stereocenters. The average molecular weight is 291 g/mol. The molecule has 1 aliphatic heterocycles. The van der Waals surface area contributed by atoms with Crippen LogP contribution in [0.5, 0.6) is 0 Å². The molecular weight excluding hydrogens is 266 g/mol. The normalized spacial score (nSPS) is 28.9. The molecule has 116 valence electrons. The quantitative estimate of drug-likeness (QED) is 0.797. The topological polar surface area (TPSA) is 71.8 Å². The summed E-state index contributed by atoms with van der Waals surface area (Å²) in [6.45, 7) is 1.49. The van der Waals surface area contributed by atoms with E-state index in [0.717, 1.165) is 25.3 Å². The van der Waals surface area contributed by atoms with E-state index in [1.165, 1.54) is 32.1 Å². The summed E-state index contributed by atoms with van der Waals surface area (Å²) >= 11 is 0. The molecule has 3 unspecified atom stereocenters. The minimum Gasteiger partial charge on any atom is -0.355 e. The lowest BCUT2D eigenvalue weighted by Crippen LogP contribution is -2.55. The molecule has 0 aromatic carbocycles. The highest BCUT2D eigenvalue weighted by atomic mass is 16.2. The maximum absolute atomic E-state index is 12.2. The molecule has 0 spiro atoms. The number of rotatable bonds is 5. The summed E-state index contributed by atoms with van der Waals surface area (Å²) in [5.41, 5.74) is 0. The summed E-state index contributed by atoms with van der Waals surface area (Å²) < 4.78 is 1.79. The first kappa shape index (κ1) is 14.5. The van der Waals surface area contributed by atoms with Crippen molar-refractivity contribution in [1.29, 1.82) is 0 Å². The number of nitrogens with zero attached hydrogens (tertiary/aromatic N) is 3. The predicted molar refractivity (Wildman–Crippen MR) is 79.6 cm³/mol. The van der Waals surface area contributed by atoms with Gasteiger partial charge in [0.15, 0.2) is 0 Å². The second-order valence-electron chi connectivity index (χ2n) is 6.26. The number of hydrogen-bond acceptors (Lipinski definition) is 4. The first-order valence-corrected chi connectivity index (χ1v) is 8.21. The van der Waals surface area contributed by atoms with Gasteiger partial charge in [0.25, 0.3) is 0 Å². The van der Waals surface area contributed by atoms with Gasteiger partial charge in [-0.05, 0) is 38.0 Å². The number of piperidine rings is 1. The van der Waals surface area contributed by atoms with Crippen LogP contribution < -0.4 is 10.6 Å².